The van der Waals surface area contributed by atoms with E-state index in [1.807, 2.05) is 29.2 Å². The predicted molar refractivity (Wildman–Crippen MR) is 106 cm³/mol. The maximum absolute atomic E-state index is 13.0. The average molecular weight is 385 g/mol. The summed E-state index contributed by atoms with van der Waals surface area (Å²) in [5.74, 6) is 2.26. The van der Waals surface area contributed by atoms with Crippen molar-refractivity contribution in [1.29, 1.82) is 0 Å². The molecule has 140 valence electrons. The highest BCUT2D eigenvalue weighted by Crippen LogP contribution is 2.33. The van der Waals surface area contributed by atoms with Crippen LogP contribution in [0.25, 0.3) is 0 Å². The number of hydrogen-bond acceptors (Lipinski definition) is 5. The number of fused-ring (bicyclic) bond motifs is 1. The van der Waals surface area contributed by atoms with E-state index in [-0.39, 0.29) is 19.1 Å². The zero-order chi connectivity index (χ0) is 18.6. The van der Waals surface area contributed by atoms with Crippen molar-refractivity contribution < 1.29 is 14.3 Å². The summed E-state index contributed by atoms with van der Waals surface area (Å²) in [4.78, 5) is 19.8. The third-order valence-electron chi connectivity index (χ3n) is 4.80. The van der Waals surface area contributed by atoms with Gasteiger partial charge in [0.05, 0.1) is 6.54 Å². The molecule has 0 radical (unpaired) electrons. The SMILES string of the molecule is O=C(CN(C1=NCCCCC1)c1ccc(Cl)cc1)c1ccc2c(c1)OCO2. The molecule has 0 unspecified atom stereocenters. The van der Waals surface area contributed by atoms with Gasteiger partial charge in [-0.2, -0.15) is 0 Å². The number of ketones is 1. The van der Waals surface area contributed by atoms with Crippen LogP contribution in [0.4, 0.5) is 5.69 Å². The minimum atomic E-state index is 0.00944. The summed E-state index contributed by atoms with van der Waals surface area (Å²) in [6, 6.07) is 12.9. The molecule has 2 heterocycles. The molecule has 4 rings (SSSR count). The van der Waals surface area contributed by atoms with Crippen LogP contribution in [0.15, 0.2) is 47.5 Å². The Hall–Kier alpha value is -2.53. The number of carbonyl (C=O) groups is 1. The molecule has 0 saturated carbocycles. The molecule has 6 heteroatoms. The molecule has 0 amide bonds. The monoisotopic (exact) mass is 384 g/mol. The van der Waals surface area contributed by atoms with Crippen molar-refractivity contribution in [3.05, 3.63) is 53.1 Å². The van der Waals surface area contributed by atoms with Gasteiger partial charge in [-0.3, -0.25) is 9.79 Å². The van der Waals surface area contributed by atoms with Gasteiger partial charge < -0.3 is 14.4 Å². The predicted octanol–water partition coefficient (Wildman–Crippen LogP) is 4.73. The number of benzene rings is 2. The van der Waals surface area contributed by atoms with Gasteiger partial charge in [-0.05, 0) is 55.3 Å². The quantitative estimate of drug-likeness (QED) is 0.715. The lowest BCUT2D eigenvalue weighted by molar-refractivity contribution is 0.100. The normalized spacial score (nSPS) is 15.8. The van der Waals surface area contributed by atoms with Gasteiger partial charge in [-0.25, -0.2) is 0 Å². The Labute approximate surface area is 163 Å². The second-order valence-electron chi connectivity index (χ2n) is 6.66. The second-order valence-corrected chi connectivity index (χ2v) is 7.10. The lowest BCUT2D eigenvalue weighted by Crippen LogP contribution is -2.36. The summed E-state index contributed by atoms with van der Waals surface area (Å²) in [5, 5.41) is 0.670. The van der Waals surface area contributed by atoms with E-state index in [0.29, 0.717) is 22.1 Å². The Kier molecular flexibility index (Phi) is 5.30. The van der Waals surface area contributed by atoms with Crippen molar-refractivity contribution >= 4 is 28.9 Å². The molecule has 27 heavy (non-hydrogen) atoms. The highest BCUT2D eigenvalue weighted by molar-refractivity contribution is 6.30. The van der Waals surface area contributed by atoms with Crippen molar-refractivity contribution in [2.24, 2.45) is 4.99 Å². The molecular formula is C21H21ClN2O3. The van der Waals surface area contributed by atoms with E-state index in [1.54, 1.807) is 18.2 Å². The first kappa shape index (κ1) is 17.9. The summed E-state index contributed by atoms with van der Waals surface area (Å²) in [6.07, 6.45) is 4.21. The minimum Gasteiger partial charge on any atom is -0.454 e. The summed E-state index contributed by atoms with van der Waals surface area (Å²) in [7, 11) is 0. The van der Waals surface area contributed by atoms with Crippen LogP contribution in [-0.4, -0.2) is 31.5 Å². The van der Waals surface area contributed by atoms with Gasteiger partial charge >= 0.3 is 0 Å². The highest BCUT2D eigenvalue weighted by Gasteiger charge is 2.21. The van der Waals surface area contributed by atoms with Crippen LogP contribution >= 0.6 is 11.6 Å². The fourth-order valence-corrected chi connectivity index (χ4v) is 3.46. The van der Waals surface area contributed by atoms with Crippen LogP contribution in [0, 0.1) is 0 Å². The van der Waals surface area contributed by atoms with E-state index in [0.717, 1.165) is 43.8 Å². The number of amidine groups is 1. The van der Waals surface area contributed by atoms with E-state index >= 15 is 0 Å². The van der Waals surface area contributed by atoms with Crippen LogP contribution < -0.4 is 14.4 Å². The molecule has 2 aliphatic rings. The van der Waals surface area contributed by atoms with Crippen molar-refractivity contribution in [1.82, 2.24) is 0 Å². The van der Waals surface area contributed by atoms with Crippen LogP contribution in [0.1, 0.15) is 36.0 Å². The second kappa shape index (κ2) is 8.01. The van der Waals surface area contributed by atoms with Crippen LogP contribution in [0.2, 0.25) is 5.02 Å². The number of rotatable bonds is 4. The summed E-state index contributed by atoms with van der Waals surface area (Å²) < 4.78 is 10.7. The molecular weight excluding hydrogens is 364 g/mol. The molecule has 0 N–H and O–H groups in total. The number of nitrogens with zero attached hydrogens (tertiary/aromatic N) is 2. The van der Waals surface area contributed by atoms with Gasteiger partial charge in [0, 0.05) is 29.2 Å². The van der Waals surface area contributed by atoms with Crippen molar-refractivity contribution in [3.8, 4) is 11.5 Å². The fraction of sp³-hybridized carbons (Fsp3) is 0.333. The van der Waals surface area contributed by atoms with E-state index in [9.17, 15) is 4.79 Å². The summed E-state index contributed by atoms with van der Waals surface area (Å²) in [6.45, 7) is 1.22. The summed E-state index contributed by atoms with van der Waals surface area (Å²) in [5.41, 5.74) is 1.53. The van der Waals surface area contributed by atoms with Crippen LogP contribution in [0.5, 0.6) is 11.5 Å². The maximum Gasteiger partial charge on any atom is 0.231 e. The number of anilines is 1. The number of aliphatic imine (C=N–C) groups is 1. The standard InChI is InChI=1S/C21H21ClN2O3/c22-16-6-8-17(9-7-16)24(21-4-2-1-3-11-23-21)13-18(25)15-5-10-19-20(12-15)27-14-26-19/h5-10,12H,1-4,11,13-14H2. The lowest BCUT2D eigenvalue weighted by Gasteiger charge is -2.25. The third-order valence-corrected chi connectivity index (χ3v) is 5.05. The molecule has 0 spiro atoms. The number of halogens is 1. The third kappa shape index (κ3) is 4.08. The van der Waals surface area contributed by atoms with Gasteiger partial charge in [-0.1, -0.05) is 18.0 Å². The number of ether oxygens (including phenoxy) is 2. The van der Waals surface area contributed by atoms with Gasteiger partial charge in [0.15, 0.2) is 17.3 Å². The molecule has 2 aromatic rings. The molecule has 0 atom stereocenters. The van der Waals surface area contributed by atoms with E-state index < -0.39 is 0 Å². The average Bonchev–Trinajstić information content (AvgIpc) is 2.99. The first-order chi connectivity index (χ1) is 13.2. The Morgan fingerprint density at radius 1 is 1.04 bits per heavy atom. The van der Waals surface area contributed by atoms with Gasteiger partial charge in [0.1, 0.15) is 5.84 Å². The van der Waals surface area contributed by atoms with E-state index in [4.69, 9.17) is 26.1 Å². The Morgan fingerprint density at radius 3 is 2.70 bits per heavy atom. The summed E-state index contributed by atoms with van der Waals surface area (Å²) >= 11 is 6.04. The molecule has 0 saturated heterocycles. The zero-order valence-electron chi connectivity index (χ0n) is 15.0. The maximum atomic E-state index is 13.0. The molecule has 2 aromatic carbocycles. The van der Waals surface area contributed by atoms with E-state index in [1.165, 1.54) is 0 Å². The largest absolute Gasteiger partial charge is 0.454 e. The minimum absolute atomic E-state index is 0.00944. The molecule has 0 aliphatic carbocycles. The van der Waals surface area contributed by atoms with Gasteiger partial charge in [0.2, 0.25) is 6.79 Å². The topological polar surface area (TPSA) is 51.1 Å². The number of hydrogen-bond donors (Lipinski definition) is 0. The Morgan fingerprint density at radius 2 is 1.85 bits per heavy atom. The zero-order valence-corrected chi connectivity index (χ0v) is 15.7. The molecule has 0 aromatic heterocycles. The smallest absolute Gasteiger partial charge is 0.231 e. The lowest BCUT2D eigenvalue weighted by atomic mass is 10.1. The molecule has 0 fully saturated rings. The highest BCUT2D eigenvalue weighted by atomic mass is 35.5. The first-order valence-corrected chi connectivity index (χ1v) is 9.58. The van der Waals surface area contributed by atoms with E-state index in [2.05, 4.69) is 0 Å². The van der Waals surface area contributed by atoms with Crippen molar-refractivity contribution in [3.63, 3.8) is 0 Å². The first-order valence-electron chi connectivity index (χ1n) is 9.20. The number of carbonyl (C=O) groups excluding carboxylic acids is 1. The molecule has 5 nitrogen and oxygen atoms in total. The fourth-order valence-electron chi connectivity index (χ4n) is 3.34. The molecule has 0 bridgehead atoms. The molecule has 2 aliphatic heterocycles. The number of Topliss-reactive ketones (excluding diaryl/α,β-unsaturated/α-hetero) is 1. The van der Waals surface area contributed by atoms with Gasteiger partial charge in [0.25, 0.3) is 0 Å². The van der Waals surface area contributed by atoms with Crippen LogP contribution in [-0.2, 0) is 0 Å². The van der Waals surface area contributed by atoms with Crippen molar-refractivity contribution in [2.45, 2.75) is 25.7 Å². The van der Waals surface area contributed by atoms with Gasteiger partial charge in [-0.15, -0.1) is 0 Å². The van der Waals surface area contributed by atoms with Crippen LogP contribution in [0.3, 0.4) is 0 Å². The Balaban J connectivity index is 1.61. The Bertz CT molecular complexity index is 864. The van der Waals surface area contributed by atoms with Crippen molar-refractivity contribution in [2.75, 3.05) is 24.8 Å².